The molecule has 0 saturated heterocycles. The van der Waals surface area contributed by atoms with Gasteiger partial charge in [0.05, 0.1) is 4.92 Å². The van der Waals surface area contributed by atoms with E-state index >= 15 is 0 Å². The van der Waals surface area contributed by atoms with Crippen molar-refractivity contribution in [2.45, 2.75) is 6.54 Å². The monoisotopic (exact) mass is 278 g/mol. The van der Waals surface area contributed by atoms with Gasteiger partial charge in [-0.2, -0.15) is 0 Å². The van der Waals surface area contributed by atoms with Crippen LogP contribution in [0.3, 0.4) is 0 Å². The summed E-state index contributed by atoms with van der Waals surface area (Å²) >= 11 is 0. The van der Waals surface area contributed by atoms with Gasteiger partial charge in [0.2, 0.25) is 0 Å². The molecule has 0 aliphatic heterocycles. The Kier molecular flexibility index (Phi) is 3.69. The minimum absolute atomic E-state index is 0.0200. The van der Waals surface area contributed by atoms with Crippen LogP contribution in [0.2, 0.25) is 0 Å². The fraction of sp³-hybridized carbons (Fsp3) is 0.0769. The van der Waals surface area contributed by atoms with E-state index in [9.17, 15) is 19.6 Å². The fourth-order valence-corrected chi connectivity index (χ4v) is 1.73. The molecule has 0 atom stereocenters. The molecule has 20 heavy (non-hydrogen) atoms. The van der Waals surface area contributed by atoms with Gasteiger partial charge in [0.15, 0.2) is 5.82 Å². The third-order valence-electron chi connectivity index (χ3n) is 2.71. The van der Waals surface area contributed by atoms with Crippen molar-refractivity contribution in [1.82, 2.24) is 0 Å². The maximum absolute atomic E-state index is 13.6. The molecular formula is C13H11FN2O4. The third kappa shape index (κ3) is 2.77. The highest BCUT2D eigenvalue weighted by atomic mass is 19.1. The van der Waals surface area contributed by atoms with Crippen molar-refractivity contribution in [3.05, 3.63) is 57.9 Å². The number of benzene rings is 2. The Morgan fingerprint density at radius 3 is 2.65 bits per heavy atom. The number of nitrogens with zero attached hydrogens (tertiary/aromatic N) is 1. The van der Waals surface area contributed by atoms with Crippen molar-refractivity contribution in [2.75, 3.05) is 5.32 Å². The first-order valence-corrected chi connectivity index (χ1v) is 5.66. The molecule has 0 heterocycles. The zero-order chi connectivity index (χ0) is 14.7. The van der Waals surface area contributed by atoms with E-state index in [1.165, 1.54) is 24.3 Å². The topological polar surface area (TPSA) is 95.6 Å². The summed E-state index contributed by atoms with van der Waals surface area (Å²) in [5.74, 6) is -1.04. The number of nitrogens with one attached hydrogen (secondary N) is 1. The van der Waals surface area contributed by atoms with Gasteiger partial charge in [0.1, 0.15) is 17.2 Å². The largest absolute Gasteiger partial charge is 0.508 e. The minimum atomic E-state index is -0.752. The second-order valence-electron chi connectivity index (χ2n) is 4.06. The number of aromatic hydroxyl groups is 2. The van der Waals surface area contributed by atoms with Gasteiger partial charge in [0, 0.05) is 24.2 Å². The number of halogens is 1. The zero-order valence-electron chi connectivity index (χ0n) is 10.2. The first-order valence-electron chi connectivity index (χ1n) is 5.66. The SMILES string of the molecule is O=[N+]([O-])c1cccc(F)c1NCc1ccc(O)cc1O. The lowest BCUT2D eigenvalue weighted by atomic mass is 10.1. The molecule has 6 nitrogen and oxygen atoms in total. The smallest absolute Gasteiger partial charge is 0.295 e. The Hall–Kier alpha value is -2.83. The molecule has 0 aliphatic carbocycles. The van der Waals surface area contributed by atoms with Crippen molar-refractivity contribution in [3.63, 3.8) is 0 Å². The number of rotatable bonds is 4. The normalized spacial score (nSPS) is 10.2. The number of nitro groups is 1. The molecule has 0 aromatic heterocycles. The van der Waals surface area contributed by atoms with Crippen LogP contribution in [0.4, 0.5) is 15.8 Å². The number of anilines is 1. The van der Waals surface area contributed by atoms with E-state index in [1.807, 2.05) is 0 Å². The fourth-order valence-electron chi connectivity index (χ4n) is 1.73. The van der Waals surface area contributed by atoms with Gasteiger partial charge in [-0.05, 0) is 18.2 Å². The van der Waals surface area contributed by atoms with Crippen LogP contribution in [-0.2, 0) is 6.54 Å². The van der Waals surface area contributed by atoms with E-state index < -0.39 is 10.7 Å². The number of phenols is 2. The summed E-state index contributed by atoms with van der Waals surface area (Å²) in [6.07, 6.45) is 0. The first-order chi connectivity index (χ1) is 9.49. The molecule has 2 aromatic carbocycles. The van der Waals surface area contributed by atoms with Crippen LogP contribution < -0.4 is 5.32 Å². The molecule has 0 fully saturated rings. The molecule has 104 valence electrons. The van der Waals surface area contributed by atoms with Crippen LogP contribution in [0, 0.1) is 15.9 Å². The summed E-state index contributed by atoms with van der Waals surface area (Å²) in [5.41, 5.74) is -0.256. The number of nitro benzene ring substituents is 1. The first kappa shape index (κ1) is 13.6. The van der Waals surface area contributed by atoms with Crippen molar-refractivity contribution >= 4 is 11.4 Å². The van der Waals surface area contributed by atoms with Crippen LogP contribution in [0.25, 0.3) is 0 Å². The highest BCUT2D eigenvalue weighted by Gasteiger charge is 2.17. The second kappa shape index (κ2) is 5.43. The van der Waals surface area contributed by atoms with Gasteiger partial charge in [-0.3, -0.25) is 10.1 Å². The van der Waals surface area contributed by atoms with Crippen LogP contribution in [0.15, 0.2) is 36.4 Å². The lowest BCUT2D eigenvalue weighted by Crippen LogP contribution is -2.05. The summed E-state index contributed by atoms with van der Waals surface area (Å²) in [6, 6.07) is 7.45. The predicted molar refractivity (Wildman–Crippen MR) is 70.2 cm³/mol. The van der Waals surface area contributed by atoms with Crippen molar-refractivity contribution in [1.29, 1.82) is 0 Å². The highest BCUT2D eigenvalue weighted by molar-refractivity contribution is 5.62. The summed E-state index contributed by atoms with van der Waals surface area (Å²) in [7, 11) is 0. The number of phenolic OH excluding ortho intramolecular Hbond substituents is 2. The van der Waals surface area contributed by atoms with E-state index in [-0.39, 0.29) is 29.4 Å². The Balaban J connectivity index is 2.25. The molecule has 0 aliphatic rings. The lowest BCUT2D eigenvalue weighted by Gasteiger charge is -2.09. The van der Waals surface area contributed by atoms with Crippen molar-refractivity contribution < 1.29 is 19.5 Å². The maximum Gasteiger partial charge on any atom is 0.295 e. The molecule has 0 radical (unpaired) electrons. The molecule has 0 bridgehead atoms. The zero-order valence-corrected chi connectivity index (χ0v) is 10.2. The van der Waals surface area contributed by atoms with Crippen LogP contribution in [0.1, 0.15) is 5.56 Å². The molecule has 0 unspecified atom stereocenters. The molecule has 2 rings (SSSR count). The van der Waals surface area contributed by atoms with Gasteiger partial charge >= 0.3 is 0 Å². The maximum atomic E-state index is 13.6. The highest BCUT2D eigenvalue weighted by Crippen LogP contribution is 2.29. The third-order valence-corrected chi connectivity index (χ3v) is 2.71. The Morgan fingerprint density at radius 1 is 1.25 bits per heavy atom. The quantitative estimate of drug-likeness (QED) is 0.590. The summed E-state index contributed by atoms with van der Waals surface area (Å²) < 4.78 is 13.6. The average Bonchev–Trinajstić information content (AvgIpc) is 2.38. The minimum Gasteiger partial charge on any atom is -0.508 e. The standard InChI is InChI=1S/C13H11FN2O4/c14-10-2-1-3-11(16(19)20)13(10)15-7-8-4-5-9(17)6-12(8)18/h1-6,15,17-18H,7H2. The number of hydrogen-bond donors (Lipinski definition) is 3. The summed E-state index contributed by atoms with van der Waals surface area (Å²) in [4.78, 5) is 10.1. The van der Waals surface area contributed by atoms with Gasteiger partial charge in [-0.25, -0.2) is 4.39 Å². The van der Waals surface area contributed by atoms with E-state index in [4.69, 9.17) is 5.11 Å². The van der Waals surface area contributed by atoms with Crippen LogP contribution >= 0.6 is 0 Å². The predicted octanol–water partition coefficient (Wildman–Crippen LogP) is 2.76. The van der Waals surface area contributed by atoms with Crippen LogP contribution in [0.5, 0.6) is 11.5 Å². The van der Waals surface area contributed by atoms with E-state index in [0.29, 0.717) is 5.56 Å². The van der Waals surface area contributed by atoms with E-state index in [2.05, 4.69) is 5.32 Å². The molecule has 0 spiro atoms. The second-order valence-corrected chi connectivity index (χ2v) is 4.06. The van der Waals surface area contributed by atoms with Gasteiger partial charge in [-0.1, -0.05) is 6.07 Å². The molecule has 0 amide bonds. The molecule has 2 aromatic rings. The Labute approximate surface area is 113 Å². The average molecular weight is 278 g/mol. The number of para-hydroxylation sites is 1. The summed E-state index contributed by atoms with van der Waals surface area (Å²) in [6.45, 7) is -0.0200. The van der Waals surface area contributed by atoms with Crippen molar-refractivity contribution in [2.24, 2.45) is 0 Å². The molecular weight excluding hydrogens is 267 g/mol. The molecule has 3 N–H and O–H groups in total. The van der Waals surface area contributed by atoms with E-state index in [0.717, 1.165) is 12.1 Å². The van der Waals surface area contributed by atoms with Gasteiger partial charge < -0.3 is 15.5 Å². The molecule has 0 saturated carbocycles. The Bertz CT molecular complexity index is 661. The lowest BCUT2D eigenvalue weighted by molar-refractivity contribution is -0.384. The van der Waals surface area contributed by atoms with E-state index in [1.54, 1.807) is 0 Å². The van der Waals surface area contributed by atoms with Crippen LogP contribution in [-0.4, -0.2) is 15.1 Å². The molecule has 7 heteroatoms. The Morgan fingerprint density at radius 2 is 2.00 bits per heavy atom. The number of hydrogen-bond acceptors (Lipinski definition) is 5. The van der Waals surface area contributed by atoms with Crippen molar-refractivity contribution in [3.8, 4) is 11.5 Å². The summed E-state index contributed by atoms with van der Waals surface area (Å²) in [5, 5.41) is 32.1. The van der Waals surface area contributed by atoms with Gasteiger partial charge in [0.25, 0.3) is 5.69 Å². The van der Waals surface area contributed by atoms with Gasteiger partial charge in [-0.15, -0.1) is 0 Å².